The normalized spacial score (nSPS) is 10.8. The average Bonchev–Trinajstić information content (AvgIpc) is 2.16. The van der Waals surface area contributed by atoms with E-state index in [1.807, 2.05) is 0 Å². The van der Waals surface area contributed by atoms with Crippen molar-refractivity contribution in [2.24, 2.45) is 0 Å². The maximum absolute atomic E-state index is 2.24. The summed E-state index contributed by atoms with van der Waals surface area (Å²) >= 11 is 0. The van der Waals surface area contributed by atoms with Crippen LogP contribution in [0.4, 0.5) is 0 Å². The molecule has 0 atom stereocenters. The SMILES string of the molecule is CCc1cccc(CC)c1[C](C)C. The molecule has 0 unspecified atom stereocenters. The Morgan fingerprint density at radius 2 is 1.46 bits per heavy atom. The van der Waals surface area contributed by atoms with Gasteiger partial charge in [-0.1, -0.05) is 45.9 Å². The quantitative estimate of drug-likeness (QED) is 0.656. The van der Waals surface area contributed by atoms with Gasteiger partial charge in [-0.2, -0.15) is 0 Å². The van der Waals surface area contributed by atoms with Gasteiger partial charge in [-0.05, 0) is 35.4 Å². The molecule has 1 aromatic rings. The summed E-state index contributed by atoms with van der Waals surface area (Å²) < 4.78 is 0. The molecule has 0 heterocycles. The summed E-state index contributed by atoms with van der Waals surface area (Å²) in [5.41, 5.74) is 4.46. The Kier molecular flexibility index (Phi) is 3.53. The summed E-state index contributed by atoms with van der Waals surface area (Å²) in [7, 11) is 0. The minimum Gasteiger partial charge on any atom is -0.0617 e. The second-order valence-corrected chi connectivity index (χ2v) is 3.66. The topological polar surface area (TPSA) is 0 Å². The van der Waals surface area contributed by atoms with Crippen LogP contribution in [0.2, 0.25) is 0 Å². The van der Waals surface area contributed by atoms with Crippen molar-refractivity contribution in [2.45, 2.75) is 40.5 Å². The standard InChI is InChI=1S/C13H19/c1-5-11-8-7-9-12(6-2)13(11)10(3)4/h7-9H,5-6H2,1-4H3. The molecule has 0 aliphatic rings. The molecule has 1 aromatic carbocycles. The van der Waals surface area contributed by atoms with E-state index in [4.69, 9.17) is 0 Å². The predicted octanol–water partition coefficient (Wildman–Crippen LogP) is 3.77. The van der Waals surface area contributed by atoms with Crippen LogP contribution in [0.15, 0.2) is 18.2 Å². The Bertz CT molecular complexity index is 249. The summed E-state index contributed by atoms with van der Waals surface area (Å²) in [5, 5.41) is 0. The lowest BCUT2D eigenvalue weighted by atomic mass is 9.90. The van der Waals surface area contributed by atoms with Crippen LogP contribution >= 0.6 is 0 Å². The fraction of sp³-hybridized carbons (Fsp3) is 0.462. The first-order chi connectivity index (χ1) is 6.20. The smallest absolute Gasteiger partial charge is 0.000640 e. The van der Waals surface area contributed by atoms with Gasteiger partial charge in [0, 0.05) is 0 Å². The Labute approximate surface area is 82.0 Å². The lowest BCUT2D eigenvalue weighted by molar-refractivity contribution is 0.997. The number of rotatable bonds is 3. The zero-order valence-electron chi connectivity index (χ0n) is 9.15. The van der Waals surface area contributed by atoms with Gasteiger partial charge in [0.25, 0.3) is 0 Å². The van der Waals surface area contributed by atoms with Gasteiger partial charge >= 0.3 is 0 Å². The van der Waals surface area contributed by atoms with E-state index in [1.54, 1.807) is 0 Å². The zero-order chi connectivity index (χ0) is 9.84. The van der Waals surface area contributed by atoms with E-state index < -0.39 is 0 Å². The maximum atomic E-state index is 2.24. The molecule has 0 spiro atoms. The molecule has 13 heavy (non-hydrogen) atoms. The van der Waals surface area contributed by atoms with Gasteiger partial charge in [0.2, 0.25) is 0 Å². The van der Waals surface area contributed by atoms with Gasteiger partial charge < -0.3 is 0 Å². The summed E-state index contributed by atoms with van der Waals surface area (Å²) in [6.07, 6.45) is 2.27. The molecule has 0 bridgehead atoms. The lowest BCUT2D eigenvalue weighted by Gasteiger charge is -2.15. The molecule has 0 saturated carbocycles. The highest BCUT2D eigenvalue weighted by molar-refractivity contribution is 5.43. The summed E-state index contributed by atoms with van der Waals surface area (Å²) in [6.45, 7) is 8.85. The molecule has 0 aliphatic carbocycles. The van der Waals surface area contributed by atoms with Crippen molar-refractivity contribution in [3.05, 3.63) is 40.8 Å². The fourth-order valence-electron chi connectivity index (χ4n) is 1.88. The van der Waals surface area contributed by atoms with Crippen LogP contribution in [-0.2, 0) is 12.8 Å². The zero-order valence-corrected chi connectivity index (χ0v) is 9.15. The van der Waals surface area contributed by atoms with Crippen LogP contribution in [0.5, 0.6) is 0 Å². The summed E-state index contributed by atoms with van der Waals surface area (Å²) in [4.78, 5) is 0. The van der Waals surface area contributed by atoms with E-state index in [2.05, 4.69) is 45.9 Å². The first-order valence-electron chi connectivity index (χ1n) is 5.12. The van der Waals surface area contributed by atoms with E-state index in [1.165, 1.54) is 22.6 Å². The molecule has 0 aliphatic heterocycles. The van der Waals surface area contributed by atoms with Crippen LogP contribution in [0, 0.1) is 5.92 Å². The van der Waals surface area contributed by atoms with Crippen molar-refractivity contribution in [1.29, 1.82) is 0 Å². The van der Waals surface area contributed by atoms with Gasteiger partial charge in [0.05, 0.1) is 0 Å². The second kappa shape index (κ2) is 4.45. The van der Waals surface area contributed by atoms with Crippen molar-refractivity contribution in [3.63, 3.8) is 0 Å². The number of hydrogen-bond acceptors (Lipinski definition) is 0. The predicted molar refractivity (Wildman–Crippen MR) is 58.9 cm³/mol. The highest BCUT2D eigenvalue weighted by Gasteiger charge is 2.09. The van der Waals surface area contributed by atoms with E-state index >= 15 is 0 Å². The Morgan fingerprint density at radius 3 is 1.77 bits per heavy atom. The van der Waals surface area contributed by atoms with E-state index in [0.29, 0.717) is 0 Å². The minimum absolute atomic E-state index is 1.13. The average molecular weight is 175 g/mol. The molecule has 0 amide bonds. The minimum atomic E-state index is 1.13. The largest absolute Gasteiger partial charge is 0.0617 e. The van der Waals surface area contributed by atoms with Crippen molar-refractivity contribution in [2.75, 3.05) is 0 Å². The van der Waals surface area contributed by atoms with Gasteiger partial charge in [-0.25, -0.2) is 0 Å². The Morgan fingerprint density at radius 1 is 1.00 bits per heavy atom. The van der Waals surface area contributed by atoms with Gasteiger partial charge in [0.15, 0.2) is 0 Å². The summed E-state index contributed by atoms with van der Waals surface area (Å²) in [6, 6.07) is 6.65. The maximum Gasteiger partial charge on any atom is -0.000640 e. The third kappa shape index (κ3) is 2.12. The van der Waals surface area contributed by atoms with E-state index in [-0.39, 0.29) is 0 Å². The molecule has 0 nitrogen and oxygen atoms in total. The molecule has 0 N–H and O–H groups in total. The van der Waals surface area contributed by atoms with Crippen molar-refractivity contribution < 1.29 is 0 Å². The van der Waals surface area contributed by atoms with Crippen LogP contribution in [-0.4, -0.2) is 0 Å². The van der Waals surface area contributed by atoms with Crippen molar-refractivity contribution >= 4 is 0 Å². The molecule has 0 fully saturated rings. The van der Waals surface area contributed by atoms with Crippen LogP contribution < -0.4 is 0 Å². The number of benzene rings is 1. The number of aryl methyl sites for hydroxylation is 2. The molecule has 0 saturated heterocycles. The lowest BCUT2D eigenvalue weighted by Crippen LogP contribution is -2.01. The summed E-state index contributed by atoms with van der Waals surface area (Å²) in [5.74, 6) is 1.44. The Balaban J connectivity index is 3.21. The molecular formula is C13H19. The van der Waals surface area contributed by atoms with Crippen molar-refractivity contribution in [3.8, 4) is 0 Å². The van der Waals surface area contributed by atoms with Gasteiger partial charge in [-0.3, -0.25) is 0 Å². The van der Waals surface area contributed by atoms with Crippen LogP contribution in [0.1, 0.15) is 44.4 Å². The Hall–Kier alpha value is -0.780. The molecule has 1 radical (unpaired) electrons. The highest BCUT2D eigenvalue weighted by atomic mass is 14.1. The van der Waals surface area contributed by atoms with Crippen LogP contribution in [0.3, 0.4) is 0 Å². The highest BCUT2D eigenvalue weighted by Crippen LogP contribution is 2.23. The molecule has 0 aromatic heterocycles. The molecular weight excluding hydrogens is 156 g/mol. The van der Waals surface area contributed by atoms with Gasteiger partial charge in [-0.15, -0.1) is 0 Å². The molecule has 71 valence electrons. The monoisotopic (exact) mass is 175 g/mol. The van der Waals surface area contributed by atoms with Crippen molar-refractivity contribution in [1.82, 2.24) is 0 Å². The third-order valence-electron chi connectivity index (χ3n) is 2.50. The second-order valence-electron chi connectivity index (χ2n) is 3.66. The van der Waals surface area contributed by atoms with Crippen LogP contribution in [0.25, 0.3) is 0 Å². The first kappa shape index (κ1) is 10.3. The molecule has 0 heteroatoms. The fourth-order valence-corrected chi connectivity index (χ4v) is 1.88. The molecule has 1 rings (SSSR count). The first-order valence-corrected chi connectivity index (χ1v) is 5.12. The third-order valence-corrected chi connectivity index (χ3v) is 2.50. The number of hydrogen-bond donors (Lipinski definition) is 0. The van der Waals surface area contributed by atoms with E-state index in [0.717, 1.165) is 12.8 Å². The van der Waals surface area contributed by atoms with Gasteiger partial charge in [0.1, 0.15) is 0 Å². The van der Waals surface area contributed by atoms with E-state index in [9.17, 15) is 0 Å².